The predicted molar refractivity (Wildman–Crippen MR) is 107 cm³/mol. The zero-order valence-corrected chi connectivity index (χ0v) is 16.9. The van der Waals surface area contributed by atoms with E-state index in [0.717, 1.165) is 23.3 Å². The molecule has 2 fully saturated rings. The third kappa shape index (κ3) is 3.33. The molecule has 6 heteroatoms. The molecule has 3 atom stereocenters. The summed E-state index contributed by atoms with van der Waals surface area (Å²) < 4.78 is 5.32. The molecule has 1 aromatic carbocycles. The highest BCUT2D eigenvalue weighted by molar-refractivity contribution is 7.15. The number of fused-ring (bicyclic) bond motifs is 1. The zero-order chi connectivity index (χ0) is 18.3. The lowest BCUT2D eigenvalue weighted by atomic mass is 9.89. The van der Waals surface area contributed by atoms with Crippen LogP contribution in [0.3, 0.4) is 0 Å². The molecule has 2 aromatic rings. The van der Waals surface area contributed by atoms with E-state index in [2.05, 4.69) is 65.1 Å². The zero-order valence-electron chi connectivity index (χ0n) is 16.1. The van der Waals surface area contributed by atoms with Gasteiger partial charge in [-0.1, -0.05) is 12.1 Å². The first-order chi connectivity index (χ1) is 12.5. The Morgan fingerprint density at radius 1 is 1.19 bits per heavy atom. The Labute approximate surface area is 160 Å². The lowest BCUT2D eigenvalue weighted by molar-refractivity contribution is 0.225. The largest absolute Gasteiger partial charge is 0.497 e. The van der Waals surface area contributed by atoms with Gasteiger partial charge in [-0.2, -0.15) is 0 Å². The summed E-state index contributed by atoms with van der Waals surface area (Å²) in [5, 5.41) is 1.09. The summed E-state index contributed by atoms with van der Waals surface area (Å²) in [6.45, 7) is 4.57. The second kappa shape index (κ2) is 7.18. The summed E-state index contributed by atoms with van der Waals surface area (Å²) in [6.07, 6.45) is 2.04. The van der Waals surface area contributed by atoms with Crippen molar-refractivity contribution in [2.24, 2.45) is 11.8 Å². The molecule has 1 aromatic heterocycles. The van der Waals surface area contributed by atoms with Crippen LogP contribution in [0.25, 0.3) is 0 Å². The molecule has 0 spiro atoms. The normalized spacial score (nSPS) is 26.2. The monoisotopic (exact) mass is 372 g/mol. The van der Waals surface area contributed by atoms with Gasteiger partial charge in [0, 0.05) is 57.4 Å². The first-order valence-electron chi connectivity index (χ1n) is 9.23. The van der Waals surface area contributed by atoms with Gasteiger partial charge in [-0.3, -0.25) is 9.80 Å². The summed E-state index contributed by atoms with van der Waals surface area (Å²) >= 11 is 1.81. The number of rotatable bonds is 5. The highest BCUT2D eigenvalue weighted by atomic mass is 32.1. The van der Waals surface area contributed by atoms with E-state index < -0.39 is 0 Å². The molecule has 2 aliphatic heterocycles. The van der Waals surface area contributed by atoms with Crippen molar-refractivity contribution in [3.8, 4) is 5.75 Å². The van der Waals surface area contributed by atoms with Crippen LogP contribution in [0.5, 0.6) is 5.75 Å². The summed E-state index contributed by atoms with van der Waals surface area (Å²) in [5.41, 5.74) is 1.41. The Morgan fingerprint density at radius 3 is 2.62 bits per heavy atom. The van der Waals surface area contributed by atoms with Gasteiger partial charge < -0.3 is 9.64 Å². The molecule has 0 unspecified atom stereocenters. The topological polar surface area (TPSA) is 31.8 Å². The van der Waals surface area contributed by atoms with E-state index in [1.807, 2.05) is 6.20 Å². The first kappa shape index (κ1) is 17.8. The van der Waals surface area contributed by atoms with E-state index in [1.54, 1.807) is 18.4 Å². The van der Waals surface area contributed by atoms with Crippen LogP contribution in [0.2, 0.25) is 0 Å². The Kier molecular flexibility index (Phi) is 4.90. The average Bonchev–Trinajstić information content (AvgIpc) is 3.30. The van der Waals surface area contributed by atoms with E-state index in [-0.39, 0.29) is 0 Å². The van der Waals surface area contributed by atoms with Crippen LogP contribution < -0.4 is 9.64 Å². The molecule has 2 aliphatic rings. The van der Waals surface area contributed by atoms with Crippen LogP contribution in [0.15, 0.2) is 30.5 Å². The van der Waals surface area contributed by atoms with Gasteiger partial charge in [0.15, 0.2) is 5.13 Å². The van der Waals surface area contributed by atoms with Gasteiger partial charge in [-0.05, 0) is 36.6 Å². The van der Waals surface area contributed by atoms with Crippen LogP contribution >= 0.6 is 11.3 Å². The van der Waals surface area contributed by atoms with E-state index in [4.69, 9.17) is 4.74 Å². The molecule has 0 N–H and O–H groups in total. The van der Waals surface area contributed by atoms with Crippen LogP contribution in [-0.2, 0) is 6.54 Å². The number of ether oxygens (including phenoxy) is 1. The third-order valence-corrected chi connectivity index (χ3v) is 6.88. The van der Waals surface area contributed by atoms with Gasteiger partial charge in [-0.15, -0.1) is 11.3 Å². The van der Waals surface area contributed by atoms with Crippen molar-refractivity contribution in [1.82, 2.24) is 14.8 Å². The first-order valence-corrected chi connectivity index (χ1v) is 10.1. The number of likely N-dealkylation sites (tertiary alicyclic amines) is 2. The molecule has 0 saturated carbocycles. The fourth-order valence-corrected chi connectivity index (χ4v) is 5.45. The molecule has 3 heterocycles. The summed E-state index contributed by atoms with van der Waals surface area (Å²) in [4.78, 5) is 13.1. The summed E-state index contributed by atoms with van der Waals surface area (Å²) in [6, 6.07) is 9.15. The number of hydrogen-bond donors (Lipinski definition) is 0. The third-order valence-electron chi connectivity index (χ3n) is 5.73. The van der Waals surface area contributed by atoms with Gasteiger partial charge in [-0.25, -0.2) is 4.98 Å². The molecule has 0 radical (unpaired) electrons. The maximum absolute atomic E-state index is 5.32. The molecule has 140 valence electrons. The standard InChI is InChI=1S/C20H28N4OS/c1-22(2)20-21-9-17(26-20)12-24-11-15-10-23(3)19(18(15)13-24)14-5-7-16(25-4)8-6-14/h5-9,15,18-19H,10-13H2,1-4H3/t15-,18+,19-/m0/s1. The molecule has 0 aliphatic carbocycles. The lowest BCUT2D eigenvalue weighted by Crippen LogP contribution is -2.28. The number of aromatic nitrogens is 1. The quantitative estimate of drug-likeness (QED) is 0.806. The van der Waals surface area contributed by atoms with Crippen molar-refractivity contribution in [1.29, 1.82) is 0 Å². The van der Waals surface area contributed by atoms with Crippen LogP contribution in [-0.4, -0.2) is 62.7 Å². The van der Waals surface area contributed by atoms with E-state index >= 15 is 0 Å². The Hall–Kier alpha value is -1.63. The van der Waals surface area contributed by atoms with E-state index in [9.17, 15) is 0 Å². The highest BCUT2D eigenvalue weighted by Gasteiger charge is 2.45. The van der Waals surface area contributed by atoms with Crippen molar-refractivity contribution in [3.63, 3.8) is 0 Å². The van der Waals surface area contributed by atoms with Gasteiger partial charge in [0.25, 0.3) is 0 Å². The summed E-state index contributed by atoms with van der Waals surface area (Å²) in [7, 11) is 8.10. The van der Waals surface area contributed by atoms with Crippen molar-refractivity contribution < 1.29 is 4.74 Å². The molecular formula is C20H28N4OS. The van der Waals surface area contributed by atoms with Crippen LogP contribution in [0.1, 0.15) is 16.5 Å². The van der Waals surface area contributed by atoms with E-state index in [0.29, 0.717) is 12.0 Å². The van der Waals surface area contributed by atoms with Gasteiger partial charge in [0.05, 0.1) is 7.11 Å². The van der Waals surface area contributed by atoms with Crippen molar-refractivity contribution in [2.45, 2.75) is 12.6 Å². The van der Waals surface area contributed by atoms with Crippen molar-refractivity contribution in [3.05, 3.63) is 40.9 Å². The Balaban J connectivity index is 1.45. The molecule has 0 amide bonds. The minimum absolute atomic E-state index is 0.509. The summed E-state index contributed by atoms with van der Waals surface area (Å²) in [5.74, 6) is 2.39. The fraction of sp³-hybridized carbons (Fsp3) is 0.550. The molecule has 4 rings (SSSR count). The average molecular weight is 373 g/mol. The lowest BCUT2D eigenvalue weighted by Gasteiger charge is -2.26. The number of methoxy groups -OCH3 is 1. The molecule has 2 saturated heterocycles. The van der Waals surface area contributed by atoms with Gasteiger partial charge in [0.2, 0.25) is 0 Å². The smallest absolute Gasteiger partial charge is 0.185 e. The van der Waals surface area contributed by atoms with Gasteiger partial charge >= 0.3 is 0 Å². The minimum Gasteiger partial charge on any atom is -0.497 e. The number of anilines is 1. The molecule has 26 heavy (non-hydrogen) atoms. The SMILES string of the molecule is COc1ccc([C@H]2[C@@H]3CN(Cc4cnc(N(C)C)s4)C[C@@H]3CN2C)cc1. The van der Waals surface area contributed by atoms with Crippen molar-refractivity contribution >= 4 is 16.5 Å². The molecule has 5 nitrogen and oxygen atoms in total. The molecule has 0 bridgehead atoms. The number of nitrogens with zero attached hydrogens (tertiary/aromatic N) is 4. The maximum Gasteiger partial charge on any atom is 0.185 e. The second-order valence-electron chi connectivity index (χ2n) is 7.78. The molecular weight excluding hydrogens is 344 g/mol. The highest BCUT2D eigenvalue weighted by Crippen LogP contribution is 2.44. The van der Waals surface area contributed by atoms with E-state index in [1.165, 1.54) is 30.1 Å². The maximum atomic E-state index is 5.32. The predicted octanol–water partition coefficient (Wildman–Crippen LogP) is 2.95. The number of benzene rings is 1. The van der Waals surface area contributed by atoms with Crippen LogP contribution in [0.4, 0.5) is 5.13 Å². The number of thiazole rings is 1. The number of hydrogen-bond acceptors (Lipinski definition) is 6. The Morgan fingerprint density at radius 2 is 1.96 bits per heavy atom. The second-order valence-corrected chi connectivity index (χ2v) is 8.87. The fourth-order valence-electron chi connectivity index (χ4n) is 4.58. The Bertz CT molecular complexity index is 745. The van der Waals surface area contributed by atoms with Crippen molar-refractivity contribution in [2.75, 3.05) is 52.8 Å². The van der Waals surface area contributed by atoms with Crippen LogP contribution in [0, 0.1) is 11.8 Å². The van der Waals surface area contributed by atoms with Gasteiger partial charge in [0.1, 0.15) is 5.75 Å². The minimum atomic E-state index is 0.509.